The molecule has 0 bridgehead atoms. The molecule has 2 unspecified atom stereocenters. The number of methoxy groups -OCH3 is 1. The molecule has 0 aliphatic carbocycles. The predicted octanol–water partition coefficient (Wildman–Crippen LogP) is 4.02. The minimum Gasteiger partial charge on any atom is -0.496 e. The molecule has 2 aromatic rings. The number of ether oxygens (including phenoxy) is 1. The first-order valence-corrected chi connectivity index (χ1v) is 8.18. The second-order valence-electron chi connectivity index (χ2n) is 6.08. The number of para-hydroxylation sites is 1. The summed E-state index contributed by atoms with van der Waals surface area (Å²) in [5.41, 5.74) is 2.24. The number of nitrogens with one attached hydrogen (secondary N) is 1. The number of rotatable bonds is 7. The van der Waals surface area contributed by atoms with Crippen LogP contribution < -0.4 is 10.1 Å². The minimum absolute atomic E-state index is 0.00252. The third-order valence-electron chi connectivity index (χ3n) is 4.20. The van der Waals surface area contributed by atoms with Gasteiger partial charge in [0.2, 0.25) is 5.91 Å². The monoisotopic (exact) mass is 341 g/mol. The van der Waals surface area contributed by atoms with Gasteiger partial charge in [-0.1, -0.05) is 37.3 Å². The number of amides is 1. The lowest BCUT2D eigenvalue weighted by Gasteiger charge is -2.16. The smallest absolute Gasteiger partial charge is 0.310 e. The Hall–Kier alpha value is -2.82. The number of benzene rings is 2. The van der Waals surface area contributed by atoms with Crippen LogP contribution in [0.15, 0.2) is 48.5 Å². The second-order valence-corrected chi connectivity index (χ2v) is 6.08. The maximum Gasteiger partial charge on any atom is 0.310 e. The lowest BCUT2D eigenvalue weighted by molar-refractivity contribution is -0.138. The van der Waals surface area contributed by atoms with E-state index in [0.29, 0.717) is 17.7 Å². The SMILES string of the molecule is COc1ccccc1C(C)CC(=O)Nc1cccc(C(C)C(=O)O)c1. The number of hydrogen-bond donors (Lipinski definition) is 2. The number of aliphatic carboxylic acids is 1. The summed E-state index contributed by atoms with van der Waals surface area (Å²) in [6, 6.07) is 14.6. The average Bonchev–Trinajstić information content (AvgIpc) is 2.60. The lowest BCUT2D eigenvalue weighted by atomic mass is 9.96. The molecule has 25 heavy (non-hydrogen) atoms. The molecule has 132 valence electrons. The van der Waals surface area contributed by atoms with Crippen molar-refractivity contribution in [3.63, 3.8) is 0 Å². The molecule has 0 radical (unpaired) electrons. The van der Waals surface area contributed by atoms with Crippen molar-refractivity contribution in [2.75, 3.05) is 12.4 Å². The summed E-state index contributed by atoms with van der Waals surface area (Å²) in [4.78, 5) is 23.4. The first-order valence-electron chi connectivity index (χ1n) is 8.18. The Bertz CT molecular complexity index is 757. The van der Waals surface area contributed by atoms with Gasteiger partial charge in [-0.3, -0.25) is 9.59 Å². The van der Waals surface area contributed by atoms with Gasteiger partial charge in [0.05, 0.1) is 13.0 Å². The Kier molecular flexibility index (Phi) is 6.17. The number of hydrogen-bond acceptors (Lipinski definition) is 3. The number of carboxylic acids is 1. The van der Waals surface area contributed by atoms with Crippen molar-refractivity contribution in [2.24, 2.45) is 0 Å². The van der Waals surface area contributed by atoms with Gasteiger partial charge < -0.3 is 15.2 Å². The average molecular weight is 341 g/mol. The molecule has 1 amide bonds. The third kappa shape index (κ3) is 4.83. The van der Waals surface area contributed by atoms with E-state index >= 15 is 0 Å². The van der Waals surface area contributed by atoms with Crippen molar-refractivity contribution >= 4 is 17.6 Å². The summed E-state index contributed by atoms with van der Waals surface area (Å²) in [5.74, 6) is -0.881. The van der Waals surface area contributed by atoms with Crippen molar-refractivity contribution in [1.29, 1.82) is 0 Å². The third-order valence-corrected chi connectivity index (χ3v) is 4.20. The van der Waals surface area contributed by atoms with Crippen LogP contribution in [0.3, 0.4) is 0 Å². The number of carbonyl (C=O) groups excluding carboxylic acids is 1. The van der Waals surface area contributed by atoms with E-state index in [1.165, 1.54) is 0 Å². The van der Waals surface area contributed by atoms with Crippen LogP contribution in [0.1, 0.15) is 43.2 Å². The number of carbonyl (C=O) groups is 2. The zero-order valence-electron chi connectivity index (χ0n) is 14.7. The molecule has 2 aromatic carbocycles. The fraction of sp³-hybridized carbons (Fsp3) is 0.300. The van der Waals surface area contributed by atoms with Crippen LogP contribution in [-0.4, -0.2) is 24.1 Å². The largest absolute Gasteiger partial charge is 0.496 e. The maximum atomic E-state index is 12.3. The Labute approximate surface area is 147 Å². The molecule has 0 heterocycles. The summed E-state index contributed by atoms with van der Waals surface area (Å²) in [6.07, 6.45) is 0.305. The molecule has 0 saturated heterocycles. The Morgan fingerprint density at radius 3 is 2.52 bits per heavy atom. The molecule has 2 atom stereocenters. The first kappa shape index (κ1) is 18.5. The molecule has 0 fully saturated rings. The highest BCUT2D eigenvalue weighted by Gasteiger charge is 2.17. The van der Waals surface area contributed by atoms with Crippen LogP contribution >= 0.6 is 0 Å². The van der Waals surface area contributed by atoms with E-state index in [1.54, 1.807) is 38.3 Å². The number of anilines is 1. The summed E-state index contributed by atoms with van der Waals surface area (Å²) in [5, 5.41) is 11.9. The Morgan fingerprint density at radius 1 is 1.12 bits per heavy atom. The normalized spacial score (nSPS) is 12.9. The van der Waals surface area contributed by atoms with E-state index < -0.39 is 11.9 Å². The highest BCUT2D eigenvalue weighted by molar-refractivity contribution is 5.91. The van der Waals surface area contributed by atoms with E-state index in [4.69, 9.17) is 9.84 Å². The zero-order valence-corrected chi connectivity index (χ0v) is 14.7. The Morgan fingerprint density at radius 2 is 1.84 bits per heavy atom. The molecular formula is C20H23NO4. The molecule has 5 heteroatoms. The van der Waals surface area contributed by atoms with Crippen LogP contribution in [-0.2, 0) is 9.59 Å². The topological polar surface area (TPSA) is 75.6 Å². The summed E-state index contributed by atoms with van der Waals surface area (Å²) in [6.45, 7) is 3.59. The first-order chi connectivity index (χ1) is 11.9. The van der Waals surface area contributed by atoms with Crippen LogP contribution in [0.2, 0.25) is 0 Å². The lowest BCUT2D eigenvalue weighted by Crippen LogP contribution is -2.15. The molecule has 0 aliphatic rings. The molecule has 0 aromatic heterocycles. The van der Waals surface area contributed by atoms with Gasteiger partial charge in [-0.25, -0.2) is 0 Å². The van der Waals surface area contributed by atoms with Gasteiger partial charge in [-0.2, -0.15) is 0 Å². The van der Waals surface area contributed by atoms with Gasteiger partial charge in [0.25, 0.3) is 0 Å². The molecule has 0 aliphatic heterocycles. The zero-order chi connectivity index (χ0) is 18.4. The van der Waals surface area contributed by atoms with Crippen molar-refractivity contribution in [3.8, 4) is 5.75 Å². The number of carboxylic acid groups (broad SMARTS) is 1. The van der Waals surface area contributed by atoms with Gasteiger partial charge in [0.1, 0.15) is 5.75 Å². The molecule has 0 spiro atoms. The predicted molar refractivity (Wildman–Crippen MR) is 97.1 cm³/mol. The van der Waals surface area contributed by atoms with E-state index in [1.807, 2.05) is 31.2 Å². The van der Waals surface area contributed by atoms with E-state index in [0.717, 1.165) is 11.3 Å². The standard InChI is InChI=1S/C20H23NO4/c1-13(17-9-4-5-10-18(17)25-3)11-19(22)21-16-8-6-7-15(12-16)14(2)20(23)24/h4-10,12-14H,11H2,1-3H3,(H,21,22)(H,23,24). The fourth-order valence-corrected chi connectivity index (χ4v) is 2.70. The van der Waals surface area contributed by atoms with E-state index in [2.05, 4.69) is 5.32 Å². The van der Waals surface area contributed by atoms with Crippen LogP contribution in [0, 0.1) is 0 Å². The van der Waals surface area contributed by atoms with Gasteiger partial charge in [0.15, 0.2) is 0 Å². The van der Waals surface area contributed by atoms with Gasteiger partial charge in [0, 0.05) is 12.1 Å². The van der Waals surface area contributed by atoms with Gasteiger partial charge in [-0.05, 0) is 42.2 Å². The van der Waals surface area contributed by atoms with Crippen molar-refractivity contribution in [2.45, 2.75) is 32.1 Å². The van der Waals surface area contributed by atoms with Gasteiger partial charge >= 0.3 is 5.97 Å². The molecule has 5 nitrogen and oxygen atoms in total. The van der Waals surface area contributed by atoms with Crippen molar-refractivity contribution in [1.82, 2.24) is 0 Å². The van der Waals surface area contributed by atoms with Gasteiger partial charge in [-0.15, -0.1) is 0 Å². The fourth-order valence-electron chi connectivity index (χ4n) is 2.70. The highest BCUT2D eigenvalue weighted by atomic mass is 16.5. The molecule has 2 N–H and O–H groups in total. The molecule has 2 rings (SSSR count). The van der Waals surface area contributed by atoms with Crippen LogP contribution in [0.5, 0.6) is 5.75 Å². The van der Waals surface area contributed by atoms with Crippen LogP contribution in [0.25, 0.3) is 0 Å². The van der Waals surface area contributed by atoms with E-state index in [9.17, 15) is 9.59 Å². The summed E-state index contributed by atoms with van der Waals surface area (Å²) in [7, 11) is 1.61. The van der Waals surface area contributed by atoms with Crippen LogP contribution in [0.4, 0.5) is 5.69 Å². The molecular weight excluding hydrogens is 318 g/mol. The summed E-state index contributed by atoms with van der Waals surface area (Å²) < 4.78 is 5.34. The van der Waals surface area contributed by atoms with E-state index in [-0.39, 0.29) is 11.8 Å². The second kappa shape index (κ2) is 8.33. The van der Waals surface area contributed by atoms with Crippen molar-refractivity contribution in [3.05, 3.63) is 59.7 Å². The highest BCUT2D eigenvalue weighted by Crippen LogP contribution is 2.28. The summed E-state index contributed by atoms with van der Waals surface area (Å²) >= 11 is 0. The van der Waals surface area contributed by atoms with Crippen molar-refractivity contribution < 1.29 is 19.4 Å². The molecule has 0 saturated carbocycles. The Balaban J connectivity index is 2.05. The maximum absolute atomic E-state index is 12.3. The minimum atomic E-state index is -0.895. The quantitative estimate of drug-likeness (QED) is 0.798.